The van der Waals surface area contributed by atoms with Gasteiger partial charge in [-0.3, -0.25) is 4.79 Å². The van der Waals surface area contributed by atoms with Crippen LogP contribution in [0, 0.1) is 6.92 Å². The number of rotatable bonds is 7. The van der Waals surface area contributed by atoms with Crippen LogP contribution in [0.15, 0.2) is 38.9 Å². The fourth-order valence-electron chi connectivity index (χ4n) is 2.68. The second-order valence-corrected chi connectivity index (χ2v) is 7.39. The van der Waals surface area contributed by atoms with E-state index in [-0.39, 0.29) is 17.4 Å². The third-order valence-electron chi connectivity index (χ3n) is 4.25. The van der Waals surface area contributed by atoms with Crippen LogP contribution in [0.5, 0.6) is 0 Å². The van der Waals surface area contributed by atoms with Gasteiger partial charge in [-0.05, 0) is 49.4 Å². The van der Waals surface area contributed by atoms with Crippen molar-refractivity contribution in [1.82, 2.24) is 10.3 Å². The number of benzene rings is 1. The molecule has 10 heteroatoms. The van der Waals surface area contributed by atoms with Crippen molar-refractivity contribution in [2.75, 3.05) is 17.2 Å². The van der Waals surface area contributed by atoms with Crippen molar-refractivity contribution >= 4 is 45.9 Å². The third kappa shape index (κ3) is 4.91. The number of amides is 2. The van der Waals surface area contributed by atoms with Gasteiger partial charge in [-0.2, -0.15) is 4.98 Å². The highest BCUT2D eigenvalue weighted by atomic mass is 32.1. The van der Waals surface area contributed by atoms with E-state index in [4.69, 9.17) is 9.52 Å². The van der Waals surface area contributed by atoms with E-state index in [0.717, 1.165) is 6.42 Å². The van der Waals surface area contributed by atoms with Gasteiger partial charge in [0.05, 0.1) is 10.9 Å². The molecule has 29 heavy (non-hydrogen) atoms. The molecule has 2 aromatic heterocycles. The van der Waals surface area contributed by atoms with E-state index >= 15 is 0 Å². The summed E-state index contributed by atoms with van der Waals surface area (Å²) in [6.07, 6.45) is 0.736. The van der Waals surface area contributed by atoms with Crippen molar-refractivity contribution in [2.45, 2.75) is 26.3 Å². The number of nitrogens with zero attached hydrogens (tertiary/aromatic N) is 1. The zero-order chi connectivity index (χ0) is 21.0. The predicted octanol–water partition coefficient (Wildman–Crippen LogP) is 2.81. The average molecular weight is 416 g/mol. The van der Waals surface area contributed by atoms with Gasteiger partial charge in [-0.15, -0.1) is 11.3 Å². The summed E-state index contributed by atoms with van der Waals surface area (Å²) in [5.41, 5.74) is 0.631. The zero-order valence-electron chi connectivity index (χ0n) is 15.8. The largest absolute Gasteiger partial charge is 0.480 e. The van der Waals surface area contributed by atoms with E-state index in [1.54, 1.807) is 30.4 Å². The number of fused-ring (bicyclic) bond motifs is 1. The number of anilines is 2. The lowest BCUT2D eigenvalue weighted by Gasteiger charge is -2.12. The fraction of sp³-hybridized carbons (Fsp3) is 0.263. The summed E-state index contributed by atoms with van der Waals surface area (Å²) in [5.74, 6) is -1.10. The number of aliphatic carboxylic acids is 1. The summed E-state index contributed by atoms with van der Waals surface area (Å²) in [6.45, 7) is 3.57. The van der Waals surface area contributed by atoms with E-state index < -0.39 is 17.6 Å². The number of urea groups is 1. The summed E-state index contributed by atoms with van der Waals surface area (Å²) >= 11 is 1.63. The quantitative estimate of drug-likeness (QED) is 0.465. The maximum absolute atomic E-state index is 12.4. The molecule has 0 unspecified atom stereocenters. The number of carbonyl (C=O) groups is 2. The second-order valence-electron chi connectivity index (χ2n) is 6.35. The van der Waals surface area contributed by atoms with Crippen molar-refractivity contribution < 1.29 is 19.1 Å². The number of aryl methyl sites for hydroxylation is 1. The Labute approximate surface area is 169 Å². The maximum Gasteiger partial charge on any atom is 0.348 e. The van der Waals surface area contributed by atoms with E-state index in [1.165, 1.54) is 11.8 Å². The van der Waals surface area contributed by atoms with E-state index in [0.29, 0.717) is 23.3 Å². The molecule has 0 bridgehead atoms. The van der Waals surface area contributed by atoms with Gasteiger partial charge in [0.2, 0.25) is 0 Å². The molecular formula is C19H20N4O5S. The van der Waals surface area contributed by atoms with Crippen LogP contribution in [0.1, 0.15) is 17.4 Å². The number of carbonyl (C=O) groups excluding carboxylic acids is 1. The molecule has 9 nitrogen and oxygen atoms in total. The van der Waals surface area contributed by atoms with Gasteiger partial charge in [0.15, 0.2) is 0 Å². The molecule has 3 aromatic rings. The number of carboxylic acid groups (broad SMARTS) is 1. The molecule has 0 saturated heterocycles. The molecule has 0 radical (unpaired) electrons. The van der Waals surface area contributed by atoms with Gasteiger partial charge in [0.1, 0.15) is 6.04 Å². The second kappa shape index (κ2) is 8.74. The summed E-state index contributed by atoms with van der Waals surface area (Å²) in [5, 5.41) is 19.2. The van der Waals surface area contributed by atoms with Crippen LogP contribution < -0.4 is 21.6 Å². The molecule has 0 aliphatic rings. The predicted molar refractivity (Wildman–Crippen MR) is 111 cm³/mol. The molecule has 0 saturated carbocycles. The van der Waals surface area contributed by atoms with E-state index in [1.807, 2.05) is 17.5 Å². The average Bonchev–Trinajstić information content (AvgIpc) is 3.17. The Balaban J connectivity index is 1.73. The minimum absolute atomic E-state index is 0.177. The molecule has 4 N–H and O–H groups in total. The lowest BCUT2D eigenvalue weighted by molar-refractivity contribution is -0.137. The molecule has 0 fully saturated rings. The van der Waals surface area contributed by atoms with Crippen molar-refractivity contribution in [3.63, 3.8) is 0 Å². The lowest BCUT2D eigenvalue weighted by atomic mass is 10.1. The Bertz CT molecular complexity index is 1090. The highest BCUT2D eigenvalue weighted by molar-refractivity contribution is 7.09. The highest BCUT2D eigenvalue weighted by Gasteiger charge is 2.16. The first kappa shape index (κ1) is 20.3. The van der Waals surface area contributed by atoms with Crippen LogP contribution in [0.4, 0.5) is 16.5 Å². The Kier molecular flexibility index (Phi) is 6.13. The molecule has 0 aliphatic heterocycles. The molecule has 1 aromatic carbocycles. The first-order chi connectivity index (χ1) is 13.8. The van der Waals surface area contributed by atoms with Crippen LogP contribution >= 0.6 is 11.3 Å². The number of thiophene rings is 1. The number of nitrogens with one attached hydrogen (secondary N) is 3. The SMILES string of the molecule is Cc1c(NC(=O)NCCc2cccs2)ccc2nc(N[C@@H](C)C(=O)O)oc(=O)c12. The first-order valence-corrected chi connectivity index (χ1v) is 9.74. The first-order valence-electron chi connectivity index (χ1n) is 8.86. The van der Waals surface area contributed by atoms with Crippen LogP contribution in [-0.4, -0.2) is 34.7 Å². The van der Waals surface area contributed by atoms with Crippen LogP contribution in [0.3, 0.4) is 0 Å². The number of hydrogen-bond donors (Lipinski definition) is 4. The van der Waals surface area contributed by atoms with Gasteiger partial charge >= 0.3 is 17.6 Å². The van der Waals surface area contributed by atoms with Crippen LogP contribution in [0.25, 0.3) is 10.9 Å². The maximum atomic E-state index is 12.4. The fourth-order valence-corrected chi connectivity index (χ4v) is 3.39. The summed E-state index contributed by atoms with van der Waals surface area (Å²) in [7, 11) is 0. The van der Waals surface area contributed by atoms with Gasteiger partial charge in [0, 0.05) is 17.1 Å². The van der Waals surface area contributed by atoms with Crippen molar-refractivity contribution in [1.29, 1.82) is 0 Å². The molecule has 2 heterocycles. The molecule has 0 aliphatic carbocycles. The number of aromatic nitrogens is 1. The summed E-state index contributed by atoms with van der Waals surface area (Å²) in [6, 6.07) is 5.64. The van der Waals surface area contributed by atoms with Gasteiger partial charge in [-0.25, -0.2) is 9.59 Å². The van der Waals surface area contributed by atoms with Crippen molar-refractivity contribution in [3.05, 3.63) is 50.5 Å². The zero-order valence-corrected chi connectivity index (χ0v) is 16.6. The Hall–Kier alpha value is -3.40. The monoisotopic (exact) mass is 416 g/mol. The number of carboxylic acids is 1. The van der Waals surface area contributed by atoms with E-state index in [9.17, 15) is 14.4 Å². The minimum Gasteiger partial charge on any atom is -0.480 e. The molecular weight excluding hydrogens is 396 g/mol. The Morgan fingerprint density at radius 2 is 2.10 bits per heavy atom. The Morgan fingerprint density at radius 3 is 2.79 bits per heavy atom. The Morgan fingerprint density at radius 1 is 1.31 bits per heavy atom. The normalized spacial score (nSPS) is 11.8. The molecule has 1 atom stereocenters. The molecule has 0 spiro atoms. The standard InChI is InChI=1S/C19H20N4O5S/c1-10-13(22-18(27)20-8-7-12-4-3-9-29-12)5-6-14-15(10)17(26)28-19(23-14)21-11(2)16(24)25/h3-6,9,11H,7-8H2,1-2H3,(H,21,23)(H,24,25)(H2,20,22,27)/t11-/m0/s1. The third-order valence-corrected chi connectivity index (χ3v) is 5.19. The van der Waals surface area contributed by atoms with Crippen molar-refractivity contribution in [2.24, 2.45) is 0 Å². The number of hydrogen-bond acceptors (Lipinski definition) is 7. The van der Waals surface area contributed by atoms with Crippen molar-refractivity contribution in [3.8, 4) is 0 Å². The lowest BCUT2D eigenvalue weighted by Crippen LogP contribution is -2.30. The van der Waals surface area contributed by atoms with Crippen LogP contribution in [-0.2, 0) is 11.2 Å². The van der Waals surface area contributed by atoms with E-state index in [2.05, 4.69) is 20.9 Å². The smallest absolute Gasteiger partial charge is 0.348 e. The molecule has 2 amide bonds. The highest BCUT2D eigenvalue weighted by Crippen LogP contribution is 2.23. The van der Waals surface area contributed by atoms with Gasteiger partial charge in [0.25, 0.3) is 6.01 Å². The van der Waals surface area contributed by atoms with Crippen LogP contribution in [0.2, 0.25) is 0 Å². The van der Waals surface area contributed by atoms with Gasteiger partial charge < -0.3 is 25.5 Å². The topological polar surface area (TPSA) is 134 Å². The minimum atomic E-state index is -1.10. The summed E-state index contributed by atoms with van der Waals surface area (Å²) < 4.78 is 5.09. The van der Waals surface area contributed by atoms with Gasteiger partial charge in [-0.1, -0.05) is 6.07 Å². The summed E-state index contributed by atoms with van der Waals surface area (Å²) in [4.78, 5) is 40.8. The molecule has 152 valence electrons. The molecule has 3 rings (SSSR count).